The molecular weight excluding hydrogens is 343 g/mol. The molecule has 0 bridgehead atoms. The molecule has 0 radical (unpaired) electrons. The lowest BCUT2D eigenvalue weighted by Gasteiger charge is -2.15. The van der Waals surface area contributed by atoms with E-state index in [0.29, 0.717) is 6.54 Å². The van der Waals surface area contributed by atoms with Crippen LogP contribution in [0.25, 0.3) is 11.3 Å². The first kappa shape index (κ1) is 16.4. The summed E-state index contributed by atoms with van der Waals surface area (Å²) in [6.07, 6.45) is -3.66. The number of para-hydroxylation sites is 1. The molecule has 3 nitrogen and oxygen atoms in total. The van der Waals surface area contributed by atoms with Crippen LogP contribution in [-0.4, -0.2) is 12.5 Å². The van der Waals surface area contributed by atoms with Crippen LogP contribution in [0.3, 0.4) is 0 Å². The molecule has 4 rings (SSSR count). The number of hydrogen-bond acceptors (Lipinski definition) is 2. The molecule has 0 aliphatic carbocycles. The molecule has 0 saturated heterocycles. The summed E-state index contributed by atoms with van der Waals surface area (Å²) in [6.45, 7) is 0.553. The van der Waals surface area contributed by atoms with Gasteiger partial charge in [-0.2, -0.15) is 13.2 Å². The number of anilines is 1. The minimum atomic E-state index is -4.43. The monoisotopic (exact) mass is 357 g/mol. The van der Waals surface area contributed by atoms with Crippen molar-refractivity contribution in [2.45, 2.75) is 12.6 Å². The first-order valence-electron chi connectivity index (χ1n) is 8.11. The number of hydrogen-bond donors (Lipinski definition) is 0. The largest absolute Gasteiger partial charge is 0.451 e. The highest BCUT2D eigenvalue weighted by atomic mass is 19.4. The van der Waals surface area contributed by atoms with Gasteiger partial charge in [0.05, 0.1) is 5.56 Å². The molecule has 26 heavy (non-hydrogen) atoms. The maximum atomic E-state index is 12.9. The Kier molecular flexibility index (Phi) is 3.83. The van der Waals surface area contributed by atoms with Gasteiger partial charge in [0.2, 0.25) is 0 Å². The van der Waals surface area contributed by atoms with Crippen LogP contribution in [0.2, 0.25) is 0 Å². The standard InChI is InChI=1S/C20H14F3NO2/c21-20(22,23)15-6-3-5-14(12-15)17-8-9-18(26-17)19(25)24-11-10-13-4-1-2-7-16(13)24/h1-9,12H,10-11H2. The van der Waals surface area contributed by atoms with Crippen LogP contribution in [0, 0.1) is 0 Å². The van der Waals surface area contributed by atoms with Gasteiger partial charge in [0, 0.05) is 17.8 Å². The van der Waals surface area contributed by atoms with Gasteiger partial charge in [-0.15, -0.1) is 0 Å². The molecule has 3 aromatic rings. The van der Waals surface area contributed by atoms with Gasteiger partial charge in [-0.05, 0) is 42.3 Å². The molecule has 0 saturated carbocycles. The van der Waals surface area contributed by atoms with E-state index in [0.717, 1.165) is 29.8 Å². The highest BCUT2D eigenvalue weighted by Crippen LogP contribution is 2.33. The number of nitrogens with zero attached hydrogens (tertiary/aromatic N) is 1. The second-order valence-electron chi connectivity index (χ2n) is 6.08. The first-order chi connectivity index (χ1) is 12.4. The molecular formula is C20H14F3NO2. The number of furan rings is 1. The minimum Gasteiger partial charge on any atom is -0.451 e. The molecule has 132 valence electrons. The number of alkyl halides is 3. The molecule has 0 N–H and O–H groups in total. The van der Waals surface area contributed by atoms with Crippen LogP contribution in [-0.2, 0) is 12.6 Å². The third-order valence-corrected chi connectivity index (χ3v) is 4.42. The van der Waals surface area contributed by atoms with Gasteiger partial charge in [0.15, 0.2) is 5.76 Å². The topological polar surface area (TPSA) is 33.5 Å². The average Bonchev–Trinajstić information content (AvgIpc) is 3.28. The van der Waals surface area contributed by atoms with Crippen LogP contribution in [0.4, 0.5) is 18.9 Å². The number of halogens is 3. The summed E-state index contributed by atoms with van der Waals surface area (Å²) in [7, 11) is 0. The molecule has 0 fully saturated rings. The van der Waals surface area contributed by atoms with Crippen LogP contribution < -0.4 is 4.90 Å². The molecule has 0 atom stereocenters. The molecule has 0 unspecified atom stereocenters. The third-order valence-electron chi connectivity index (χ3n) is 4.42. The van der Waals surface area contributed by atoms with Gasteiger partial charge in [0.1, 0.15) is 5.76 Å². The Bertz CT molecular complexity index is 975. The number of fused-ring (bicyclic) bond motifs is 1. The predicted octanol–water partition coefficient (Wildman–Crippen LogP) is 5.17. The van der Waals surface area contributed by atoms with E-state index in [1.807, 2.05) is 24.3 Å². The molecule has 1 aliphatic rings. The van der Waals surface area contributed by atoms with Crippen molar-refractivity contribution in [3.05, 3.63) is 77.6 Å². The fourth-order valence-electron chi connectivity index (χ4n) is 3.14. The highest BCUT2D eigenvalue weighted by molar-refractivity contribution is 6.05. The predicted molar refractivity (Wildman–Crippen MR) is 91.0 cm³/mol. The maximum absolute atomic E-state index is 12.9. The van der Waals surface area contributed by atoms with Crippen molar-refractivity contribution in [1.82, 2.24) is 0 Å². The lowest BCUT2D eigenvalue weighted by atomic mass is 10.1. The average molecular weight is 357 g/mol. The minimum absolute atomic E-state index is 0.106. The Hall–Kier alpha value is -3.02. The molecule has 1 aliphatic heterocycles. The van der Waals surface area contributed by atoms with E-state index in [-0.39, 0.29) is 23.0 Å². The van der Waals surface area contributed by atoms with E-state index in [9.17, 15) is 18.0 Å². The van der Waals surface area contributed by atoms with Crippen molar-refractivity contribution in [3.63, 3.8) is 0 Å². The number of benzene rings is 2. The Morgan fingerprint density at radius 2 is 1.81 bits per heavy atom. The Labute approximate surface area is 147 Å². The molecule has 2 heterocycles. The van der Waals surface area contributed by atoms with Crippen molar-refractivity contribution in [2.75, 3.05) is 11.4 Å². The number of carbonyl (C=O) groups excluding carboxylic acids is 1. The summed E-state index contributed by atoms with van der Waals surface area (Å²) in [5.41, 5.74) is 1.45. The SMILES string of the molecule is O=C(c1ccc(-c2cccc(C(F)(F)F)c2)o1)N1CCc2ccccc21. The Morgan fingerprint density at radius 3 is 2.62 bits per heavy atom. The maximum Gasteiger partial charge on any atom is 0.416 e. The fraction of sp³-hybridized carbons (Fsp3) is 0.150. The Balaban J connectivity index is 1.62. The zero-order valence-electron chi connectivity index (χ0n) is 13.6. The number of amides is 1. The summed E-state index contributed by atoms with van der Waals surface area (Å²) >= 11 is 0. The van der Waals surface area contributed by atoms with Crippen molar-refractivity contribution < 1.29 is 22.4 Å². The van der Waals surface area contributed by atoms with Gasteiger partial charge in [-0.3, -0.25) is 4.79 Å². The number of rotatable bonds is 2. The van der Waals surface area contributed by atoms with E-state index in [2.05, 4.69) is 0 Å². The van der Waals surface area contributed by atoms with Crippen molar-refractivity contribution in [3.8, 4) is 11.3 Å². The number of carbonyl (C=O) groups is 1. The fourth-order valence-corrected chi connectivity index (χ4v) is 3.14. The van der Waals surface area contributed by atoms with Crippen molar-refractivity contribution in [2.24, 2.45) is 0 Å². The van der Waals surface area contributed by atoms with Gasteiger partial charge in [0.25, 0.3) is 5.91 Å². The highest BCUT2D eigenvalue weighted by Gasteiger charge is 2.31. The molecule has 2 aromatic carbocycles. The summed E-state index contributed by atoms with van der Waals surface area (Å²) in [6, 6.07) is 15.5. The lowest BCUT2D eigenvalue weighted by molar-refractivity contribution is -0.137. The first-order valence-corrected chi connectivity index (χ1v) is 8.11. The third kappa shape index (κ3) is 2.87. The Morgan fingerprint density at radius 1 is 1.00 bits per heavy atom. The van der Waals surface area contributed by atoms with E-state index in [4.69, 9.17) is 4.42 Å². The van der Waals surface area contributed by atoms with E-state index < -0.39 is 11.7 Å². The molecule has 0 spiro atoms. The van der Waals surface area contributed by atoms with Crippen molar-refractivity contribution in [1.29, 1.82) is 0 Å². The second-order valence-corrected chi connectivity index (χ2v) is 6.08. The van der Waals surface area contributed by atoms with Gasteiger partial charge in [-0.1, -0.05) is 30.3 Å². The van der Waals surface area contributed by atoms with Crippen LogP contribution >= 0.6 is 0 Å². The normalized spacial score (nSPS) is 13.7. The zero-order valence-corrected chi connectivity index (χ0v) is 13.6. The van der Waals surface area contributed by atoms with Crippen molar-refractivity contribution >= 4 is 11.6 Å². The molecule has 1 aromatic heterocycles. The quantitative estimate of drug-likeness (QED) is 0.634. The molecule has 1 amide bonds. The summed E-state index contributed by atoms with van der Waals surface area (Å²) in [4.78, 5) is 14.4. The summed E-state index contributed by atoms with van der Waals surface area (Å²) in [5, 5.41) is 0. The summed E-state index contributed by atoms with van der Waals surface area (Å²) in [5.74, 6) is 0.0363. The van der Waals surface area contributed by atoms with Gasteiger partial charge in [-0.25, -0.2) is 0 Å². The van der Waals surface area contributed by atoms with Gasteiger partial charge < -0.3 is 9.32 Å². The molecule has 6 heteroatoms. The van der Waals surface area contributed by atoms with Crippen LogP contribution in [0.15, 0.2) is 65.1 Å². The van der Waals surface area contributed by atoms with Crippen LogP contribution in [0.5, 0.6) is 0 Å². The van der Waals surface area contributed by atoms with E-state index >= 15 is 0 Å². The lowest BCUT2D eigenvalue weighted by Crippen LogP contribution is -2.28. The van der Waals surface area contributed by atoms with Gasteiger partial charge >= 0.3 is 6.18 Å². The van der Waals surface area contributed by atoms with E-state index in [1.165, 1.54) is 24.3 Å². The summed E-state index contributed by atoms with van der Waals surface area (Å²) < 4.78 is 44.2. The second kappa shape index (κ2) is 6.05. The van der Waals surface area contributed by atoms with Crippen LogP contribution in [0.1, 0.15) is 21.7 Å². The zero-order chi connectivity index (χ0) is 18.3. The van der Waals surface area contributed by atoms with E-state index in [1.54, 1.807) is 4.90 Å². The smallest absolute Gasteiger partial charge is 0.416 e.